The summed E-state index contributed by atoms with van der Waals surface area (Å²) in [5.74, 6) is 0.755. The first-order valence-electron chi connectivity index (χ1n) is 7.75. The van der Waals surface area contributed by atoms with E-state index in [-0.39, 0.29) is 5.91 Å². The van der Waals surface area contributed by atoms with E-state index in [1.165, 1.54) is 0 Å². The molecule has 0 aromatic carbocycles. The molecule has 1 fully saturated rings. The van der Waals surface area contributed by atoms with Gasteiger partial charge in [0, 0.05) is 31.6 Å². The number of nitrogens with zero attached hydrogens (tertiary/aromatic N) is 1. The van der Waals surface area contributed by atoms with Gasteiger partial charge in [0.2, 0.25) is 5.91 Å². The molecule has 0 aliphatic heterocycles. The molecule has 112 valence electrons. The van der Waals surface area contributed by atoms with E-state index < -0.39 is 0 Å². The largest absolute Gasteiger partial charge is 0.355 e. The van der Waals surface area contributed by atoms with Gasteiger partial charge >= 0.3 is 0 Å². The van der Waals surface area contributed by atoms with Gasteiger partial charge < -0.3 is 16.0 Å². The van der Waals surface area contributed by atoms with Crippen molar-refractivity contribution in [2.24, 2.45) is 11.7 Å². The van der Waals surface area contributed by atoms with Crippen molar-refractivity contribution in [1.29, 1.82) is 0 Å². The number of hydrogen-bond acceptors (Lipinski definition) is 3. The Hall–Kier alpha value is -0.610. The number of nitrogens with two attached hydrogens (primary N) is 1. The highest BCUT2D eigenvalue weighted by molar-refractivity contribution is 5.76. The quantitative estimate of drug-likeness (QED) is 0.740. The maximum atomic E-state index is 11.9. The average molecular weight is 269 g/mol. The maximum Gasteiger partial charge on any atom is 0.220 e. The molecule has 0 saturated heterocycles. The summed E-state index contributed by atoms with van der Waals surface area (Å²) in [6.07, 6.45) is 6.21. The fourth-order valence-corrected chi connectivity index (χ4v) is 2.63. The van der Waals surface area contributed by atoms with Gasteiger partial charge in [0.15, 0.2) is 0 Å². The summed E-state index contributed by atoms with van der Waals surface area (Å²) in [5, 5.41) is 3.04. The van der Waals surface area contributed by atoms with Crippen molar-refractivity contribution in [3.05, 3.63) is 0 Å². The van der Waals surface area contributed by atoms with Crippen LogP contribution in [0.15, 0.2) is 0 Å². The van der Waals surface area contributed by atoms with Gasteiger partial charge in [-0.05, 0) is 52.0 Å². The van der Waals surface area contributed by atoms with Gasteiger partial charge in [-0.3, -0.25) is 4.79 Å². The second kappa shape index (κ2) is 8.54. The molecule has 3 N–H and O–H groups in total. The zero-order valence-corrected chi connectivity index (χ0v) is 12.8. The van der Waals surface area contributed by atoms with Crippen LogP contribution in [0.1, 0.15) is 52.4 Å². The van der Waals surface area contributed by atoms with E-state index in [4.69, 9.17) is 5.73 Å². The van der Waals surface area contributed by atoms with Crippen LogP contribution in [-0.2, 0) is 4.79 Å². The highest BCUT2D eigenvalue weighted by Crippen LogP contribution is 2.25. The number of carbonyl (C=O) groups excluding carboxylic acids is 1. The fourth-order valence-electron chi connectivity index (χ4n) is 2.63. The van der Waals surface area contributed by atoms with Crippen LogP contribution in [0.25, 0.3) is 0 Å². The lowest BCUT2D eigenvalue weighted by atomic mass is 9.84. The molecule has 0 aromatic heterocycles. The Labute approximate surface area is 118 Å². The number of likely N-dealkylation sites (N-methyl/N-ethyl adjacent to an activating group) is 1. The molecule has 1 saturated carbocycles. The first-order chi connectivity index (χ1) is 9.02. The molecule has 19 heavy (non-hydrogen) atoms. The fraction of sp³-hybridized carbons (Fsp3) is 0.933. The molecular weight excluding hydrogens is 238 g/mol. The van der Waals surface area contributed by atoms with Crippen LogP contribution in [-0.4, -0.2) is 43.0 Å². The van der Waals surface area contributed by atoms with E-state index in [0.717, 1.165) is 45.2 Å². The lowest BCUT2D eigenvalue weighted by molar-refractivity contribution is -0.122. The maximum absolute atomic E-state index is 11.9. The zero-order valence-electron chi connectivity index (χ0n) is 12.8. The average Bonchev–Trinajstić information content (AvgIpc) is 2.40. The minimum atomic E-state index is 0.207. The van der Waals surface area contributed by atoms with Gasteiger partial charge in [-0.25, -0.2) is 0 Å². The predicted molar refractivity (Wildman–Crippen MR) is 79.9 cm³/mol. The van der Waals surface area contributed by atoms with E-state index >= 15 is 0 Å². The second-order valence-corrected chi connectivity index (χ2v) is 6.07. The van der Waals surface area contributed by atoms with Gasteiger partial charge in [0.25, 0.3) is 0 Å². The lowest BCUT2D eigenvalue weighted by Crippen LogP contribution is -2.38. The molecule has 0 radical (unpaired) electrons. The summed E-state index contributed by atoms with van der Waals surface area (Å²) in [5.41, 5.74) is 5.88. The van der Waals surface area contributed by atoms with Crippen LogP contribution in [0.2, 0.25) is 0 Å². The summed E-state index contributed by atoms with van der Waals surface area (Å²) in [7, 11) is 2.11. The van der Waals surface area contributed by atoms with Crippen LogP contribution in [0, 0.1) is 5.92 Å². The van der Waals surface area contributed by atoms with Gasteiger partial charge in [0.1, 0.15) is 0 Å². The smallest absolute Gasteiger partial charge is 0.220 e. The van der Waals surface area contributed by atoms with Crippen LogP contribution >= 0.6 is 0 Å². The van der Waals surface area contributed by atoms with Crippen molar-refractivity contribution in [2.75, 3.05) is 20.1 Å². The SMILES string of the molecule is CCC(C)N(C)CCNC(=O)CC1CCC(N)CC1. The molecule has 1 aliphatic carbocycles. The molecule has 1 amide bonds. The Kier molecular flexibility index (Phi) is 7.39. The van der Waals surface area contributed by atoms with Crippen molar-refractivity contribution in [3.8, 4) is 0 Å². The Morgan fingerprint density at radius 3 is 2.58 bits per heavy atom. The molecule has 0 heterocycles. The van der Waals surface area contributed by atoms with Crippen molar-refractivity contribution in [2.45, 2.75) is 64.5 Å². The van der Waals surface area contributed by atoms with Crippen molar-refractivity contribution >= 4 is 5.91 Å². The Bertz CT molecular complexity index is 262. The van der Waals surface area contributed by atoms with Crippen LogP contribution < -0.4 is 11.1 Å². The number of amides is 1. The number of hydrogen-bond donors (Lipinski definition) is 2. The number of nitrogens with one attached hydrogen (secondary N) is 1. The molecule has 1 atom stereocenters. The Morgan fingerprint density at radius 2 is 2.00 bits per heavy atom. The third-order valence-electron chi connectivity index (χ3n) is 4.50. The van der Waals surface area contributed by atoms with Crippen molar-refractivity contribution < 1.29 is 4.79 Å². The topological polar surface area (TPSA) is 58.4 Å². The summed E-state index contributed by atoms with van der Waals surface area (Å²) in [6.45, 7) is 6.09. The zero-order chi connectivity index (χ0) is 14.3. The number of rotatable bonds is 7. The standard InChI is InChI=1S/C15H31N3O/c1-4-12(2)18(3)10-9-17-15(19)11-13-5-7-14(16)8-6-13/h12-14H,4-11,16H2,1-3H3,(H,17,19). The molecule has 1 aliphatic rings. The monoisotopic (exact) mass is 269 g/mol. The van der Waals surface area contributed by atoms with Gasteiger partial charge in [-0.1, -0.05) is 6.92 Å². The highest BCUT2D eigenvalue weighted by atomic mass is 16.1. The van der Waals surface area contributed by atoms with Crippen LogP contribution in [0.5, 0.6) is 0 Å². The minimum Gasteiger partial charge on any atom is -0.355 e. The van der Waals surface area contributed by atoms with E-state index in [2.05, 4.69) is 31.1 Å². The van der Waals surface area contributed by atoms with E-state index in [0.29, 0.717) is 24.4 Å². The normalized spacial score (nSPS) is 25.3. The molecule has 0 bridgehead atoms. The molecule has 4 nitrogen and oxygen atoms in total. The Morgan fingerprint density at radius 1 is 1.37 bits per heavy atom. The summed E-state index contributed by atoms with van der Waals surface area (Å²) < 4.78 is 0. The van der Waals surface area contributed by atoms with Gasteiger partial charge in [0.05, 0.1) is 0 Å². The minimum absolute atomic E-state index is 0.207. The summed E-state index contributed by atoms with van der Waals surface area (Å²) >= 11 is 0. The summed E-state index contributed by atoms with van der Waals surface area (Å²) in [4.78, 5) is 14.1. The first-order valence-corrected chi connectivity index (χ1v) is 7.75. The van der Waals surface area contributed by atoms with Gasteiger partial charge in [-0.15, -0.1) is 0 Å². The Balaban J connectivity index is 2.11. The number of carbonyl (C=O) groups is 1. The molecule has 1 unspecified atom stereocenters. The lowest BCUT2D eigenvalue weighted by Gasteiger charge is -2.26. The van der Waals surface area contributed by atoms with Crippen molar-refractivity contribution in [1.82, 2.24) is 10.2 Å². The van der Waals surface area contributed by atoms with Crippen molar-refractivity contribution in [3.63, 3.8) is 0 Å². The molecule has 0 aromatic rings. The highest BCUT2D eigenvalue weighted by Gasteiger charge is 2.20. The first kappa shape index (κ1) is 16.4. The molecular formula is C15H31N3O. The van der Waals surface area contributed by atoms with E-state index in [9.17, 15) is 4.79 Å². The summed E-state index contributed by atoms with van der Waals surface area (Å²) in [6, 6.07) is 0.945. The molecule has 0 spiro atoms. The molecule has 1 rings (SSSR count). The van der Waals surface area contributed by atoms with E-state index in [1.807, 2.05) is 0 Å². The van der Waals surface area contributed by atoms with E-state index in [1.54, 1.807) is 0 Å². The third-order valence-corrected chi connectivity index (χ3v) is 4.50. The van der Waals surface area contributed by atoms with Crippen LogP contribution in [0.3, 0.4) is 0 Å². The van der Waals surface area contributed by atoms with Gasteiger partial charge in [-0.2, -0.15) is 0 Å². The van der Waals surface area contributed by atoms with Crippen LogP contribution in [0.4, 0.5) is 0 Å². The predicted octanol–water partition coefficient (Wildman–Crippen LogP) is 1.74. The second-order valence-electron chi connectivity index (χ2n) is 6.07. The third kappa shape index (κ3) is 6.39. The molecule has 4 heteroatoms.